The Bertz CT molecular complexity index is 693. The van der Waals surface area contributed by atoms with Crippen molar-refractivity contribution in [1.82, 2.24) is 0 Å². The van der Waals surface area contributed by atoms with Gasteiger partial charge in [0, 0.05) is 0 Å². The summed E-state index contributed by atoms with van der Waals surface area (Å²) >= 11 is 1.43. The fourth-order valence-corrected chi connectivity index (χ4v) is 4.78. The molecule has 0 fully saturated rings. The second-order valence-corrected chi connectivity index (χ2v) is 9.83. The van der Waals surface area contributed by atoms with Gasteiger partial charge in [-0.3, -0.25) is 0 Å². The molecule has 0 unspecified atom stereocenters. The molecule has 0 bridgehead atoms. The number of aromatic hydroxyl groups is 2. The molecule has 2 nitrogen and oxygen atoms in total. The quantitative estimate of drug-likeness (QED) is 0.255. The number of hydrogen-bond donors (Lipinski definition) is 2. The molecule has 0 aliphatic heterocycles. The summed E-state index contributed by atoms with van der Waals surface area (Å²) in [6, 6.07) is 12.0. The van der Waals surface area contributed by atoms with E-state index in [4.69, 9.17) is 0 Å². The molecular formula is C28H42O2S. The Morgan fingerprint density at radius 1 is 0.548 bits per heavy atom. The van der Waals surface area contributed by atoms with Crippen LogP contribution in [0.2, 0.25) is 0 Å². The summed E-state index contributed by atoms with van der Waals surface area (Å²) in [6.45, 7) is 4.49. The van der Waals surface area contributed by atoms with Gasteiger partial charge in [-0.25, -0.2) is 0 Å². The summed E-state index contributed by atoms with van der Waals surface area (Å²) in [5.74, 6) is 0.619. The zero-order valence-electron chi connectivity index (χ0n) is 19.7. The van der Waals surface area contributed by atoms with Gasteiger partial charge in [-0.15, -0.1) is 0 Å². The highest BCUT2D eigenvalue weighted by atomic mass is 32.2. The fourth-order valence-electron chi connectivity index (χ4n) is 3.95. The van der Waals surface area contributed by atoms with Crippen molar-refractivity contribution < 1.29 is 10.2 Å². The van der Waals surface area contributed by atoms with E-state index in [9.17, 15) is 10.2 Å². The van der Waals surface area contributed by atoms with Crippen molar-refractivity contribution in [3.05, 3.63) is 47.5 Å². The molecule has 0 radical (unpaired) electrons. The molecular weight excluding hydrogens is 400 g/mol. The van der Waals surface area contributed by atoms with Gasteiger partial charge in [0.15, 0.2) is 0 Å². The Kier molecular flexibility index (Phi) is 12.6. The average Bonchev–Trinajstić information content (AvgIpc) is 2.76. The molecule has 0 spiro atoms. The second kappa shape index (κ2) is 15.2. The third-order valence-electron chi connectivity index (χ3n) is 5.90. The number of rotatable bonds is 16. The van der Waals surface area contributed by atoms with Gasteiger partial charge in [0.2, 0.25) is 0 Å². The zero-order valence-corrected chi connectivity index (χ0v) is 20.5. The van der Waals surface area contributed by atoms with Crippen LogP contribution < -0.4 is 0 Å². The van der Waals surface area contributed by atoms with Gasteiger partial charge in [0.05, 0.1) is 9.79 Å². The largest absolute Gasteiger partial charge is 0.507 e. The van der Waals surface area contributed by atoms with Crippen LogP contribution in [0.15, 0.2) is 46.2 Å². The van der Waals surface area contributed by atoms with Crippen LogP contribution in [0.4, 0.5) is 0 Å². The van der Waals surface area contributed by atoms with Crippen LogP contribution >= 0.6 is 11.8 Å². The Labute approximate surface area is 194 Å². The molecule has 0 heterocycles. The summed E-state index contributed by atoms with van der Waals surface area (Å²) in [6.07, 6.45) is 17.4. The monoisotopic (exact) mass is 442 g/mol. The Hall–Kier alpha value is -1.61. The smallest absolute Gasteiger partial charge is 0.129 e. The Morgan fingerprint density at radius 3 is 1.32 bits per heavy atom. The molecule has 2 N–H and O–H groups in total. The van der Waals surface area contributed by atoms with Crippen LogP contribution in [0.3, 0.4) is 0 Å². The van der Waals surface area contributed by atoms with Crippen molar-refractivity contribution in [2.45, 2.75) is 114 Å². The van der Waals surface area contributed by atoms with Crippen molar-refractivity contribution in [3.63, 3.8) is 0 Å². The fraction of sp³-hybridized carbons (Fsp3) is 0.571. The predicted octanol–water partition coefficient (Wildman–Crippen LogP) is 9.05. The van der Waals surface area contributed by atoms with E-state index >= 15 is 0 Å². The van der Waals surface area contributed by atoms with E-state index in [1.807, 2.05) is 24.3 Å². The van der Waals surface area contributed by atoms with Crippen molar-refractivity contribution in [2.75, 3.05) is 0 Å². The second-order valence-electron chi connectivity index (χ2n) is 8.74. The highest BCUT2D eigenvalue weighted by Gasteiger charge is 2.09. The first-order valence-electron chi connectivity index (χ1n) is 12.5. The maximum Gasteiger partial charge on any atom is 0.129 e. The number of aryl methyl sites for hydroxylation is 2. The molecule has 0 aliphatic rings. The summed E-state index contributed by atoms with van der Waals surface area (Å²) in [4.78, 5) is 1.59. The third-order valence-corrected chi connectivity index (χ3v) is 7.03. The first-order chi connectivity index (χ1) is 15.1. The number of phenolic OH excluding ortho intramolecular Hbond substituents is 2. The molecule has 172 valence electrons. The van der Waals surface area contributed by atoms with Crippen LogP contribution in [0.5, 0.6) is 11.5 Å². The minimum atomic E-state index is 0.309. The van der Waals surface area contributed by atoms with E-state index in [1.54, 1.807) is 0 Å². The van der Waals surface area contributed by atoms with Crippen LogP contribution in [0, 0.1) is 0 Å². The van der Waals surface area contributed by atoms with Crippen molar-refractivity contribution in [3.8, 4) is 11.5 Å². The normalized spacial score (nSPS) is 11.2. The molecule has 0 amide bonds. The van der Waals surface area contributed by atoms with Crippen LogP contribution in [-0.2, 0) is 12.8 Å². The van der Waals surface area contributed by atoms with Crippen LogP contribution in [0.1, 0.15) is 102 Å². The molecule has 3 heteroatoms. The lowest BCUT2D eigenvalue weighted by Gasteiger charge is -2.10. The lowest BCUT2D eigenvalue weighted by Crippen LogP contribution is -1.88. The lowest BCUT2D eigenvalue weighted by molar-refractivity contribution is 0.458. The van der Waals surface area contributed by atoms with E-state index in [-0.39, 0.29) is 0 Å². The highest BCUT2D eigenvalue weighted by molar-refractivity contribution is 7.99. The molecule has 2 rings (SSSR count). The third kappa shape index (κ3) is 10.0. The molecule has 0 saturated heterocycles. The van der Waals surface area contributed by atoms with Crippen molar-refractivity contribution in [1.29, 1.82) is 0 Å². The number of phenols is 2. The topological polar surface area (TPSA) is 40.5 Å². The Morgan fingerprint density at radius 2 is 0.935 bits per heavy atom. The van der Waals surface area contributed by atoms with Gasteiger partial charge < -0.3 is 10.2 Å². The minimum absolute atomic E-state index is 0.309. The first-order valence-corrected chi connectivity index (χ1v) is 13.3. The van der Waals surface area contributed by atoms with E-state index in [1.165, 1.54) is 99.9 Å². The molecule has 0 aromatic heterocycles. The van der Waals surface area contributed by atoms with Crippen LogP contribution in [-0.4, -0.2) is 10.2 Å². The molecule has 31 heavy (non-hydrogen) atoms. The summed E-state index contributed by atoms with van der Waals surface area (Å²) in [5, 5.41) is 20.9. The zero-order chi connectivity index (χ0) is 22.3. The molecule has 2 aromatic carbocycles. The van der Waals surface area contributed by atoms with Gasteiger partial charge in [-0.2, -0.15) is 0 Å². The van der Waals surface area contributed by atoms with Gasteiger partial charge in [-0.1, -0.05) is 102 Å². The lowest BCUT2D eigenvalue weighted by atomic mass is 10.0. The maximum absolute atomic E-state index is 10.5. The average molecular weight is 443 g/mol. The molecule has 0 aliphatic carbocycles. The van der Waals surface area contributed by atoms with E-state index < -0.39 is 0 Å². The van der Waals surface area contributed by atoms with Crippen molar-refractivity contribution >= 4 is 11.8 Å². The first kappa shape index (κ1) is 25.6. The standard InChI is InChI=1S/C28H42O2S/c1-3-5-7-9-11-13-15-23-17-19-27(25(29)21-23)31-28-20-18-24(22-26(28)30)16-14-12-10-8-6-4-2/h17-22,29-30H,3-16H2,1-2H3. The summed E-state index contributed by atoms with van der Waals surface area (Å²) < 4.78 is 0. The van der Waals surface area contributed by atoms with Crippen molar-refractivity contribution in [2.24, 2.45) is 0 Å². The molecule has 0 saturated carbocycles. The van der Waals surface area contributed by atoms with Gasteiger partial charge in [0.25, 0.3) is 0 Å². The van der Waals surface area contributed by atoms with Crippen LogP contribution in [0.25, 0.3) is 0 Å². The highest BCUT2D eigenvalue weighted by Crippen LogP contribution is 2.39. The van der Waals surface area contributed by atoms with E-state index in [0.717, 1.165) is 22.6 Å². The van der Waals surface area contributed by atoms with E-state index in [2.05, 4.69) is 26.0 Å². The number of hydrogen-bond acceptors (Lipinski definition) is 3. The van der Waals surface area contributed by atoms with E-state index in [0.29, 0.717) is 11.5 Å². The summed E-state index contributed by atoms with van der Waals surface area (Å²) in [7, 11) is 0. The number of benzene rings is 2. The van der Waals surface area contributed by atoms with Gasteiger partial charge >= 0.3 is 0 Å². The SMILES string of the molecule is CCCCCCCCc1ccc(Sc2ccc(CCCCCCCC)cc2O)c(O)c1. The van der Waals surface area contributed by atoms with Gasteiger partial charge in [-0.05, 0) is 61.1 Å². The molecule has 0 atom stereocenters. The van der Waals surface area contributed by atoms with Gasteiger partial charge in [0.1, 0.15) is 11.5 Å². The Balaban J connectivity index is 1.81. The number of unbranched alkanes of at least 4 members (excludes halogenated alkanes) is 10. The predicted molar refractivity (Wildman–Crippen MR) is 134 cm³/mol. The summed E-state index contributed by atoms with van der Waals surface area (Å²) in [5.41, 5.74) is 2.38. The molecule has 2 aromatic rings. The maximum atomic E-state index is 10.5. The minimum Gasteiger partial charge on any atom is -0.507 e.